The van der Waals surface area contributed by atoms with Crippen molar-refractivity contribution in [2.75, 3.05) is 13.2 Å². The van der Waals surface area contributed by atoms with Crippen LogP contribution >= 0.6 is 12.4 Å². The van der Waals surface area contributed by atoms with Crippen LogP contribution in [0.4, 0.5) is 0 Å². The Labute approximate surface area is 127 Å². The number of ether oxygens (including phenoxy) is 1. The SMILES string of the molecule is Cc1ccc(C)c(OCCC(=O)NCC(C)(C)N)c1.Cl. The smallest absolute Gasteiger partial charge is 0.223 e. The molecule has 0 heterocycles. The Hall–Kier alpha value is -1.26. The first-order valence-corrected chi connectivity index (χ1v) is 6.53. The van der Waals surface area contributed by atoms with E-state index in [-0.39, 0.29) is 23.9 Å². The van der Waals surface area contributed by atoms with Gasteiger partial charge in [-0.3, -0.25) is 4.79 Å². The van der Waals surface area contributed by atoms with E-state index in [9.17, 15) is 4.79 Å². The molecule has 0 fully saturated rings. The van der Waals surface area contributed by atoms with Crippen molar-refractivity contribution in [2.45, 2.75) is 39.7 Å². The molecule has 0 aliphatic heterocycles. The van der Waals surface area contributed by atoms with Crippen molar-refractivity contribution in [3.8, 4) is 5.75 Å². The maximum Gasteiger partial charge on any atom is 0.223 e. The first kappa shape index (κ1) is 18.7. The maximum absolute atomic E-state index is 11.6. The summed E-state index contributed by atoms with van der Waals surface area (Å²) in [6.07, 6.45) is 0.337. The van der Waals surface area contributed by atoms with Crippen LogP contribution in [0, 0.1) is 13.8 Å². The summed E-state index contributed by atoms with van der Waals surface area (Å²) in [7, 11) is 0. The number of hydrogen-bond donors (Lipinski definition) is 2. The second-order valence-electron chi connectivity index (χ2n) is 5.63. The number of carbonyl (C=O) groups excluding carboxylic acids is 1. The Morgan fingerprint density at radius 3 is 2.60 bits per heavy atom. The van der Waals surface area contributed by atoms with Gasteiger partial charge in [0, 0.05) is 12.1 Å². The largest absolute Gasteiger partial charge is 0.493 e. The normalized spacial score (nSPS) is 10.7. The lowest BCUT2D eigenvalue weighted by Crippen LogP contribution is -2.45. The molecule has 1 aromatic carbocycles. The van der Waals surface area contributed by atoms with E-state index < -0.39 is 0 Å². The van der Waals surface area contributed by atoms with Gasteiger partial charge in [-0.05, 0) is 44.9 Å². The minimum atomic E-state index is -0.385. The lowest BCUT2D eigenvalue weighted by atomic mass is 10.1. The van der Waals surface area contributed by atoms with E-state index in [2.05, 4.69) is 5.32 Å². The highest BCUT2D eigenvalue weighted by molar-refractivity contribution is 5.85. The molecular weight excluding hydrogens is 276 g/mol. The van der Waals surface area contributed by atoms with E-state index in [0.29, 0.717) is 19.6 Å². The van der Waals surface area contributed by atoms with Gasteiger partial charge in [-0.1, -0.05) is 12.1 Å². The van der Waals surface area contributed by atoms with Gasteiger partial charge in [-0.2, -0.15) is 0 Å². The average Bonchev–Trinajstić information content (AvgIpc) is 2.30. The van der Waals surface area contributed by atoms with Crippen molar-refractivity contribution >= 4 is 18.3 Å². The number of nitrogens with two attached hydrogens (primary N) is 1. The molecule has 0 aliphatic rings. The fraction of sp³-hybridized carbons (Fsp3) is 0.533. The lowest BCUT2D eigenvalue weighted by molar-refractivity contribution is -0.121. The van der Waals surface area contributed by atoms with E-state index in [4.69, 9.17) is 10.5 Å². The molecule has 0 saturated carbocycles. The molecule has 0 aliphatic carbocycles. The van der Waals surface area contributed by atoms with E-state index in [1.807, 2.05) is 45.9 Å². The topological polar surface area (TPSA) is 64.3 Å². The van der Waals surface area contributed by atoms with E-state index in [1.54, 1.807) is 0 Å². The van der Waals surface area contributed by atoms with Crippen molar-refractivity contribution in [2.24, 2.45) is 5.73 Å². The van der Waals surface area contributed by atoms with E-state index >= 15 is 0 Å². The molecule has 0 atom stereocenters. The second kappa shape index (κ2) is 8.12. The zero-order valence-electron chi connectivity index (χ0n) is 12.7. The summed E-state index contributed by atoms with van der Waals surface area (Å²) >= 11 is 0. The van der Waals surface area contributed by atoms with Crippen molar-refractivity contribution in [3.05, 3.63) is 29.3 Å². The van der Waals surface area contributed by atoms with Gasteiger partial charge in [0.1, 0.15) is 5.75 Å². The van der Waals surface area contributed by atoms with Crippen LogP contribution in [-0.2, 0) is 4.79 Å². The van der Waals surface area contributed by atoms with E-state index in [0.717, 1.165) is 16.9 Å². The standard InChI is InChI=1S/C15H24N2O2.ClH/c1-11-5-6-12(2)13(9-11)19-8-7-14(18)17-10-15(3,4)16;/h5-6,9H,7-8,10,16H2,1-4H3,(H,17,18);1H. The van der Waals surface area contributed by atoms with Crippen LogP contribution in [0.25, 0.3) is 0 Å². The predicted molar refractivity (Wildman–Crippen MR) is 84.6 cm³/mol. The molecule has 20 heavy (non-hydrogen) atoms. The number of carbonyl (C=O) groups is 1. The summed E-state index contributed by atoms with van der Waals surface area (Å²) in [5.74, 6) is 0.802. The monoisotopic (exact) mass is 300 g/mol. The summed E-state index contributed by atoms with van der Waals surface area (Å²) in [6, 6.07) is 6.04. The summed E-state index contributed by atoms with van der Waals surface area (Å²) < 4.78 is 5.63. The molecule has 0 saturated heterocycles. The van der Waals surface area contributed by atoms with Crippen LogP contribution in [0.15, 0.2) is 18.2 Å². The lowest BCUT2D eigenvalue weighted by Gasteiger charge is -2.19. The molecule has 0 radical (unpaired) electrons. The van der Waals surface area contributed by atoms with Crippen molar-refractivity contribution in [1.29, 1.82) is 0 Å². The number of amides is 1. The number of halogens is 1. The third kappa shape index (κ3) is 7.36. The van der Waals surface area contributed by atoms with Gasteiger partial charge in [0.15, 0.2) is 0 Å². The molecule has 114 valence electrons. The highest BCUT2D eigenvalue weighted by Crippen LogP contribution is 2.19. The number of benzene rings is 1. The van der Waals surface area contributed by atoms with Crippen LogP contribution < -0.4 is 15.8 Å². The van der Waals surface area contributed by atoms with Gasteiger partial charge in [-0.15, -0.1) is 12.4 Å². The van der Waals surface area contributed by atoms with Gasteiger partial charge in [-0.25, -0.2) is 0 Å². The first-order chi connectivity index (χ1) is 8.78. The van der Waals surface area contributed by atoms with Gasteiger partial charge >= 0.3 is 0 Å². The predicted octanol–water partition coefficient (Wildman–Crippen LogP) is 2.35. The Morgan fingerprint density at radius 2 is 2.00 bits per heavy atom. The Bertz CT molecular complexity index is 442. The van der Waals surface area contributed by atoms with Crippen LogP contribution in [0.3, 0.4) is 0 Å². The van der Waals surface area contributed by atoms with Crippen LogP contribution in [0.1, 0.15) is 31.4 Å². The summed E-state index contributed by atoms with van der Waals surface area (Å²) in [5.41, 5.74) is 7.63. The Balaban J connectivity index is 0.00000361. The number of nitrogens with one attached hydrogen (secondary N) is 1. The Morgan fingerprint density at radius 1 is 1.35 bits per heavy atom. The Kier molecular flexibility index (Phi) is 7.61. The maximum atomic E-state index is 11.6. The van der Waals surface area contributed by atoms with Crippen LogP contribution in [-0.4, -0.2) is 24.6 Å². The van der Waals surface area contributed by atoms with Crippen molar-refractivity contribution in [3.63, 3.8) is 0 Å². The minimum Gasteiger partial charge on any atom is -0.493 e. The average molecular weight is 301 g/mol. The molecular formula is C15H25ClN2O2. The van der Waals surface area contributed by atoms with Gasteiger partial charge in [0.05, 0.1) is 13.0 Å². The van der Waals surface area contributed by atoms with Crippen molar-refractivity contribution in [1.82, 2.24) is 5.32 Å². The third-order valence-electron chi connectivity index (χ3n) is 2.67. The van der Waals surface area contributed by atoms with Crippen LogP contribution in [0.5, 0.6) is 5.75 Å². The number of hydrogen-bond acceptors (Lipinski definition) is 3. The summed E-state index contributed by atoms with van der Waals surface area (Å²) in [5, 5.41) is 2.79. The molecule has 0 aromatic heterocycles. The molecule has 3 N–H and O–H groups in total. The molecule has 1 aromatic rings. The van der Waals surface area contributed by atoms with Gasteiger partial charge < -0.3 is 15.8 Å². The summed E-state index contributed by atoms with van der Waals surface area (Å²) in [6.45, 7) is 8.60. The first-order valence-electron chi connectivity index (χ1n) is 6.53. The highest BCUT2D eigenvalue weighted by Gasteiger charge is 2.12. The number of aryl methyl sites for hydroxylation is 2. The fourth-order valence-electron chi connectivity index (χ4n) is 1.53. The fourth-order valence-corrected chi connectivity index (χ4v) is 1.53. The molecule has 0 unspecified atom stereocenters. The molecule has 1 amide bonds. The molecule has 0 spiro atoms. The highest BCUT2D eigenvalue weighted by atomic mass is 35.5. The summed E-state index contributed by atoms with van der Waals surface area (Å²) in [4.78, 5) is 11.6. The van der Waals surface area contributed by atoms with E-state index in [1.165, 1.54) is 0 Å². The molecule has 4 nitrogen and oxygen atoms in total. The van der Waals surface area contributed by atoms with Gasteiger partial charge in [0.2, 0.25) is 5.91 Å². The second-order valence-corrected chi connectivity index (χ2v) is 5.63. The van der Waals surface area contributed by atoms with Crippen molar-refractivity contribution < 1.29 is 9.53 Å². The molecule has 1 rings (SSSR count). The third-order valence-corrected chi connectivity index (χ3v) is 2.67. The minimum absolute atomic E-state index is 0. The molecule has 0 bridgehead atoms. The van der Waals surface area contributed by atoms with Gasteiger partial charge in [0.25, 0.3) is 0 Å². The molecule has 5 heteroatoms. The number of rotatable bonds is 6. The zero-order valence-corrected chi connectivity index (χ0v) is 13.5. The zero-order chi connectivity index (χ0) is 14.5. The van der Waals surface area contributed by atoms with Crippen LogP contribution in [0.2, 0.25) is 0 Å². The quantitative estimate of drug-likeness (QED) is 0.847.